The fourth-order valence-corrected chi connectivity index (χ4v) is 2.46. The smallest absolute Gasteiger partial charge is 0.251 e. The molecular formula is C11H23N3O. The molecular weight excluding hydrogens is 190 g/mol. The van der Waals surface area contributed by atoms with Gasteiger partial charge in [-0.1, -0.05) is 20.3 Å². The van der Waals surface area contributed by atoms with E-state index in [2.05, 4.69) is 31.1 Å². The van der Waals surface area contributed by atoms with E-state index in [1.807, 2.05) is 0 Å². The molecule has 3 N–H and O–H groups in total. The van der Waals surface area contributed by atoms with Gasteiger partial charge >= 0.3 is 0 Å². The van der Waals surface area contributed by atoms with Gasteiger partial charge in [0.1, 0.15) is 0 Å². The summed E-state index contributed by atoms with van der Waals surface area (Å²) in [5.41, 5.74) is 2.28. The Hall–Kier alpha value is -0.610. The molecule has 4 heteroatoms. The molecule has 15 heavy (non-hydrogen) atoms. The zero-order chi connectivity index (χ0) is 11.4. The number of rotatable bonds is 3. The molecule has 88 valence electrons. The summed E-state index contributed by atoms with van der Waals surface area (Å²) < 4.78 is 0. The first-order valence-electron chi connectivity index (χ1n) is 5.84. The third kappa shape index (κ3) is 2.92. The SMILES string of the molecule is CC(C)C(C(=O)NN)N1CCCCC1C. The molecule has 0 radical (unpaired) electrons. The fourth-order valence-electron chi connectivity index (χ4n) is 2.46. The maximum Gasteiger partial charge on any atom is 0.251 e. The second kappa shape index (κ2) is 5.47. The number of amides is 1. The monoisotopic (exact) mass is 213 g/mol. The van der Waals surface area contributed by atoms with Gasteiger partial charge in [-0.3, -0.25) is 15.1 Å². The van der Waals surface area contributed by atoms with Crippen molar-refractivity contribution in [1.29, 1.82) is 0 Å². The van der Waals surface area contributed by atoms with E-state index in [1.165, 1.54) is 19.3 Å². The molecule has 0 aromatic carbocycles. The summed E-state index contributed by atoms with van der Waals surface area (Å²) in [4.78, 5) is 14.0. The second-order valence-corrected chi connectivity index (χ2v) is 4.78. The Balaban J connectivity index is 2.73. The second-order valence-electron chi connectivity index (χ2n) is 4.78. The van der Waals surface area contributed by atoms with Gasteiger partial charge in [0.2, 0.25) is 0 Å². The predicted molar refractivity (Wildman–Crippen MR) is 61.0 cm³/mol. The summed E-state index contributed by atoms with van der Waals surface area (Å²) in [6, 6.07) is 0.411. The van der Waals surface area contributed by atoms with Gasteiger partial charge in [-0.05, 0) is 32.2 Å². The maximum atomic E-state index is 11.7. The lowest BCUT2D eigenvalue weighted by Crippen LogP contribution is -2.55. The quantitative estimate of drug-likeness (QED) is 0.415. The van der Waals surface area contributed by atoms with Crippen LogP contribution in [0.5, 0.6) is 0 Å². The number of hydrazine groups is 1. The summed E-state index contributed by atoms with van der Waals surface area (Å²) in [5, 5.41) is 0. The molecule has 0 aromatic heterocycles. The highest BCUT2D eigenvalue weighted by molar-refractivity contribution is 5.81. The molecule has 1 aliphatic heterocycles. The lowest BCUT2D eigenvalue weighted by molar-refractivity contribution is -0.129. The Bertz CT molecular complexity index is 218. The molecule has 2 unspecified atom stereocenters. The number of carbonyl (C=O) groups excluding carboxylic acids is 1. The molecule has 1 fully saturated rings. The molecule has 1 aliphatic rings. The molecule has 0 saturated carbocycles. The third-order valence-electron chi connectivity index (χ3n) is 3.25. The van der Waals surface area contributed by atoms with E-state index in [1.54, 1.807) is 0 Å². The van der Waals surface area contributed by atoms with Gasteiger partial charge in [-0.2, -0.15) is 0 Å². The lowest BCUT2D eigenvalue weighted by atomic mass is 9.95. The van der Waals surface area contributed by atoms with Crippen molar-refractivity contribution in [2.45, 2.75) is 52.1 Å². The van der Waals surface area contributed by atoms with Crippen molar-refractivity contribution >= 4 is 5.91 Å². The molecule has 1 rings (SSSR count). The van der Waals surface area contributed by atoms with E-state index in [4.69, 9.17) is 5.84 Å². The van der Waals surface area contributed by atoms with Crippen LogP contribution in [0.15, 0.2) is 0 Å². The van der Waals surface area contributed by atoms with E-state index in [0.717, 1.165) is 6.54 Å². The van der Waals surface area contributed by atoms with Crippen LogP contribution in [0.4, 0.5) is 0 Å². The molecule has 0 spiro atoms. The number of hydrogen-bond donors (Lipinski definition) is 2. The minimum atomic E-state index is -0.0784. The Morgan fingerprint density at radius 1 is 1.47 bits per heavy atom. The maximum absolute atomic E-state index is 11.7. The van der Waals surface area contributed by atoms with Crippen LogP contribution in [0.1, 0.15) is 40.0 Å². The van der Waals surface area contributed by atoms with Gasteiger partial charge in [0.15, 0.2) is 0 Å². The van der Waals surface area contributed by atoms with Crippen LogP contribution in [-0.2, 0) is 4.79 Å². The van der Waals surface area contributed by atoms with Crippen molar-refractivity contribution in [2.75, 3.05) is 6.54 Å². The van der Waals surface area contributed by atoms with E-state index < -0.39 is 0 Å². The highest BCUT2D eigenvalue weighted by Crippen LogP contribution is 2.22. The van der Waals surface area contributed by atoms with Crippen LogP contribution >= 0.6 is 0 Å². The number of nitrogens with one attached hydrogen (secondary N) is 1. The number of likely N-dealkylation sites (tertiary alicyclic amines) is 1. The lowest BCUT2D eigenvalue weighted by Gasteiger charge is -2.40. The normalized spacial score (nSPS) is 25.3. The standard InChI is InChI=1S/C11H23N3O/c1-8(2)10(11(15)13-12)14-7-5-4-6-9(14)3/h8-10H,4-7,12H2,1-3H3,(H,13,15). The summed E-state index contributed by atoms with van der Waals surface area (Å²) in [6.07, 6.45) is 3.64. The number of hydrogen-bond acceptors (Lipinski definition) is 3. The van der Waals surface area contributed by atoms with Crippen molar-refractivity contribution in [1.82, 2.24) is 10.3 Å². The fraction of sp³-hybridized carbons (Fsp3) is 0.909. The molecule has 1 heterocycles. The number of nitrogens with two attached hydrogens (primary N) is 1. The summed E-state index contributed by atoms with van der Waals surface area (Å²) in [5.74, 6) is 5.48. The average Bonchev–Trinajstić information content (AvgIpc) is 2.20. The van der Waals surface area contributed by atoms with Crippen molar-refractivity contribution in [2.24, 2.45) is 11.8 Å². The molecule has 4 nitrogen and oxygen atoms in total. The molecule has 0 aromatic rings. The van der Waals surface area contributed by atoms with Crippen LogP contribution in [0.25, 0.3) is 0 Å². The minimum absolute atomic E-state index is 0.0567. The van der Waals surface area contributed by atoms with E-state index in [-0.39, 0.29) is 11.9 Å². The topological polar surface area (TPSA) is 58.4 Å². The first-order chi connectivity index (χ1) is 7.07. The van der Waals surface area contributed by atoms with Gasteiger partial charge in [-0.15, -0.1) is 0 Å². The van der Waals surface area contributed by atoms with Gasteiger partial charge in [0.05, 0.1) is 6.04 Å². The number of carbonyl (C=O) groups is 1. The molecule has 1 saturated heterocycles. The van der Waals surface area contributed by atoms with Gasteiger partial charge in [-0.25, -0.2) is 5.84 Å². The Morgan fingerprint density at radius 3 is 2.60 bits per heavy atom. The van der Waals surface area contributed by atoms with Crippen LogP contribution < -0.4 is 11.3 Å². The van der Waals surface area contributed by atoms with Gasteiger partial charge in [0, 0.05) is 6.04 Å². The van der Waals surface area contributed by atoms with Crippen molar-refractivity contribution in [3.63, 3.8) is 0 Å². The Kier molecular flexibility index (Phi) is 4.54. The van der Waals surface area contributed by atoms with Crippen molar-refractivity contribution in [3.8, 4) is 0 Å². The van der Waals surface area contributed by atoms with E-state index >= 15 is 0 Å². The first-order valence-corrected chi connectivity index (χ1v) is 5.84. The van der Waals surface area contributed by atoms with Crippen LogP contribution in [-0.4, -0.2) is 29.4 Å². The third-order valence-corrected chi connectivity index (χ3v) is 3.25. The van der Waals surface area contributed by atoms with Crippen LogP contribution in [0.3, 0.4) is 0 Å². The first kappa shape index (κ1) is 12.5. The summed E-state index contributed by atoms with van der Waals surface area (Å²) in [7, 11) is 0. The number of nitrogens with zero attached hydrogens (tertiary/aromatic N) is 1. The minimum Gasteiger partial charge on any atom is -0.293 e. The zero-order valence-electron chi connectivity index (χ0n) is 9.99. The highest BCUT2D eigenvalue weighted by Gasteiger charge is 2.32. The van der Waals surface area contributed by atoms with Crippen LogP contribution in [0.2, 0.25) is 0 Å². The number of piperidine rings is 1. The Morgan fingerprint density at radius 2 is 2.13 bits per heavy atom. The molecule has 2 atom stereocenters. The molecule has 1 amide bonds. The summed E-state index contributed by atoms with van der Waals surface area (Å²) >= 11 is 0. The highest BCUT2D eigenvalue weighted by atomic mass is 16.2. The van der Waals surface area contributed by atoms with Gasteiger partial charge in [0.25, 0.3) is 5.91 Å². The molecule has 0 aliphatic carbocycles. The largest absolute Gasteiger partial charge is 0.293 e. The average molecular weight is 213 g/mol. The van der Waals surface area contributed by atoms with Crippen molar-refractivity contribution < 1.29 is 4.79 Å². The molecule has 0 bridgehead atoms. The predicted octanol–water partition coefficient (Wildman–Crippen LogP) is 0.875. The van der Waals surface area contributed by atoms with Crippen molar-refractivity contribution in [3.05, 3.63) is 0 Å². The Labute approximate surface area is 92.2 Å². The van der Waals surface area contributed by atoms with E-state index in [9.17, 15) is 4.79 Å². The van der Waals surface area contributed by atoms with Crippen LogP contribution in [0, 0.1) is 5.92 Å². The zero-order valence-corrected chi connectivity index (χ0v) is 9.99. The van der Waals surface area contributed by atoms with Gasteiger partial charge < -0.3 is 0 Å². The van der Waals surface area contributed by atoms with E-state index in [0.29, 0.717) is 12.0 Å². The summed E-state index contributed by atoms with van der Waals surface area (Å²) in [6.45, 7) is 7.35.